The van der Waals surface area contributed by atoms with Gasteiger partial charge < -0.3 is 14.8 Å². The predicted molar refractivity (Wildman–Crippen MR) is 95.5 cm³/mol. The van der Waals surface area contributed by atoms with E-state index in [0.29, 0.717) is 0 Å². The number of rotatable bonds is 7. The molecule has 6 heteroatoms. The molecule has 2 aromatic heterocycles. The van der Waals surface area contributed by atoms with E-state index in [1.807, 2.05) is 24.4 Å². The number of hydrogen-bond acceptors (Lipinski definition) is 6. The molecule has 3 rings (SSSR count). The largest absolute Gasteiger partial charge is 0.493 e. The number of methoxy groups -OCH3 is 2. The van der Waals surface area contributed by atoms with E-state index >= 15 is 0 Å². The van der Waals surface area contributed by atoms with Crippen molar-refractivity contribution in [2.24, 2.45) is 0 Å². The zero-order chi connectivity index (χ0) is 16.1. The second-order valence-corrected chi connectivity index (χ2v) is 7.02. The van der Waals surface area contributed by atoms with Gasteiger partial charge in [-0.2, -0.15) is 0 Å². The predicted octanol–water partition coefficient (Wildman–Crippen LogP) is 4.18. The molecule has 0 fully saturated rings. The SMILES string of the molecule is COc1ccc(-c2cnc(CNCc3cccs3)s2)cc1OC. The van der Waals surface area contributed by atoms with Crippen LogP contribution in [0.25, 0.3) is 10.4 Å². The van der Waals surface area contributed by atoms with Crippen LogP contribution in [0.2, 0.25) is 0 Å². The molecule has 0 atom stereocenters. The van der Waals surface area contributed by atoms with Crippen molar-refractivity contribution in [3.8, 4) is 21.9 Å². The molecule has 0 aliphatic carbocycles. The van der Waals surface area contributed by atoms with E-state index < -0.39 is 0 Å². The van der Waals surface area contributed by atoms with Crippen molar-refractivity contribution in [2.45, 2.75) is 13.1 Å². The Balaban J connectivity index is 1.66. The molecule has 0 aliphatic rings. The monoisotopic (exact) mass is 346 g/mol. The molecule has 0 unspecified atom stereocenters. The number of thiazole rings is 1. The molecule has 4 nitrogen and oxygen atoms in total. The second kappa shape index (κ2) is 7.59. The number of thiophene rings is 1. The average Bonchev–Trinajstić information content (AvgIpc) is 3.26. The molecular formula is C17H18N2O2S2. The Labute approximate surface area is 143 Å². The maximum absolute atomic E-state index is 5.36. The highest BCUT2D eigenvalue weighted by atomic mass is 32.1. The maximum Gasteiger partial charge on any atom is 0.161 e. The minimum Gasteiger partial charge on any atom is -0.493 e. The second-order valence-electron chi connectivity index (χ2n) is 4.87. The lowest BCUT2D eigenvalue weighted by atomic mass is 10.2. The average molecular weight is 346 g/mol. The van der Waals surface area contributed by atoms with Crippen molar-refractivity contribution in [3.63, 3.8) is 0 Å². The molecule has 0 saturated carbocycles. The maximum atomic E-state index is 5.36. The van der Waals surface area contributed by atoms with Crippen LogP contribution in [-0.4, -0.2) is 19.2 Å². The zero-order valence-corrected chi connectivity index (χ0v) is 14.7. The third kappa shape index (κ3) is 3.90. The quantitative estimate of drug-likeness (QED) is 0.697. The normalized spacial score (nSPS) is 10.7. The van der Waals surface area contributed by atoms with Crippen LogP contribution in [0.15, 0.2) is 41.9 Å². The van der Waals surface area contributed by atoms with Crippen molar-refractivity contribution in [1.82, 2.24) is 10.3 Å². The number of hydrogen-bond donors (Lipinski definition) is 1. The first-order valence-corrected chi connectivity index (χ1v) is 8.90. The molecule has 0 spiro atoms. The van der Waals surface area contributed by atoms with Crippen LogP contribution in [0.5, 0.6) is 11.5 Å². The van der Waals surface area contributed by atoms with E-state index in [1.54, 1.807) is 36.9 Å². The van der Waals surface area contributed by atoms with E-state index in [4.69, 9.17) is 9.47 Å². The van der Waals surface area contributed by atoms with E-state index in [0.717, 1.165) is 40.0 Å². The lowest BCUT2D eigenvalue weighted by molar-refractivity contribution is 0.355. The smallest absolute Gasteiger partial charge is 0.161 e. The van der Waals surface area contributed by atoms with E-state index in [9.17, 15) is 0 Å². The van der Waals surface area contributed by atoms with Crippen LogP contribution in [0, 0.1) is 0 Å². The van der Waals surface area contributed by atoms with E-state index in [1.165, 1.54) is 4.88 Å². The van der Waals surface area contributed by atoms with Crippen LogP contribution in [0.3, 0.4) is 0 Å². The summed E-state index contributed by atoms with van der Waals surface area (Å²) >= 11 is 3.45. The minimum absolute atomic E-state index is 0.732. The molecule has 1 N–H and O–H groups in total. The molecule has 23 heavy (non-hydrogen) atoms. The molecule has 2 heterocycles. The molecule has 3 aromatic rings. The summed E-state index contributed by atoms with van der Waals surface area (Å²) in [7, 11) is 3.29. The summed E-state index contributed by atoms with van der Waals surface area (Å²) in [6.45, 7) is 1.65. The van der Waals surface area contributed by atoms with Crippen molar-refractivity contribution in [3.05, 3.63) is 51.8 Å². The number of benzene rings is 1. The van der Waals surface area contributed by atoms with E-state index in [-0.39, 0.29) is 0 Å². The third-order valence-corrected chi connectivity index (χ3v) is 5.30. The standard InChI is InChI=1S/C17H18N2O2S2/c1-20-14-6-5-12(8-15(14)21-2)16-10-19-17(23-16)11-18-9-13-4-3-7-22-13/h3-8,10,18H,9,11H2,1-2H3. The number of nitrogens with zero attached hydrogens (tertiary/aromatic N) is 1. The fourth-order valence-electron chi connectivity index (χ4n) is 2.22. The van der Waals surface area contributed by atoms with Gasteiger partial charge in [-0.3, -0.25) is 0 Å². The highest BCUT2D eigenvalue weighted by Gasteiger charge is 2.09. The van der Waals surface area contributed by atoms with Crippen LogP contribution in [0.4, 0.5) is 0 Å². The summed E-state index contributed by atoms with van der Waals surface area (Å²) < 4.78 is 10.6. The topological polar surface area (TPSA) is 43.4 Å². The summed E-state index contributed by atoms with van der Waals surface area (Å²) in [5.41, 5.74) is 1.09. The van der Waals surface area contributed by atoms with Gasteiger partial charge in [0.1, 0.15) is 5.01 Å². The molecule has 0 amide bonds. The molecule has 120 valence electrons. The Morgan fingerprint density at radius 3 is 2.70 bits per heavy atom. The van der Waals surface area contributed by atoms with E-state index in [2.05, 4.69) is 27.8 Å². The van der Waals surface area contributed by atoms with Gasteiger partial charge in [0.25, 0.3) is 0 Å². The molecule has 1 aromatic carbocycles. The van der Waals surface area contributed by atoms with Crippen LogP contribution in [0.1, 0.15) is 9.88 Å². The summed E-state index contributed by atoms with van der Waals surface area (Å²) in [5, 5.41) is 6.59. The summed E-state index contributed by atoms with van der Waals surface area (Å²) in [4.78, 5) is 6.96. The van der Waals surface area contributed by atoms with Crippen molar-refractivity contribution in [1.29, 1.82) is 0 Å². The lowest BCUT2D eigenvalue weighted by Gasteiger charge is -2.08. The summed E-state index contributed by atoms with van der Waals surface area (Å²) in [5.74, 6) is 1.47. The van der Waals surface area contributed by atoms with Crippen molar-refractivity contribution in [2.75, 3.05) is 14.2 Å². The third-order valence-electron chi connectivity index (χ3n) is 3.38. The number of ether oxygens (including phenoxy) is 2. The fraction of sp³-hybridized carbons (Fsp3) is 0.235. The Kier molecular flexibility index (Phi) is 5.27. The first-order chi connectivity index (χ1) is 11.3. The van der Waals surface area contributed by atoms with Gasteiger partial charge in [0, 0.05) is 24.2 Å². The fourth-order valence-corrected chi connectivity index (χ4v) is 3.78. The van der Waals surface area contributed by atoms with Gasteiger partial charge in [-0.25, -0.2) is 4.98 Å². The van der Waals surface area contributed by atoms with Gasteiger partial charge in [0.05, 0.1) is 19.1 Å². The molecule has 0 saturated heterocycles. The van der Waals surface area contributed by atoms with Gasteiger partial charge in [-0.15, -0.1) is 22.7 Å². The first-order valence-electron chi connectivity index (χ1n) is 7.20. The van der Waals surface area contributed by atoms with Gasteiger partial charge in [0.2, 0.25) is 0 Å². The zero-order valence-electron chi connectivity index (χ0n) is 13.0. The first kappa shape index (κ1) is 16.0. The Hall–Kier alpha value is -1.89. The van der Waals surface area contributed by atoms with Gasteiger partial charge >= 0.3 is 0 Å². The van der Waals surface area contributed by atoms with Crippen LogP contribution < -0.4 is 14.8 Å². The van der Waals surface area contributed by atoms with Crippen molar-refractivity contribution >= 4 is 22.7 Å². The molecular weight excluding hydrogens is 328 g/mol. The molecule has 0 radical (unpaired) electrons. The lowest BCUT2D eigenvalue weighted by Crippen LogP contribution is -2.11. The number of aromatic nitrogens is 1. The highest BCUT2D eigenvalue weighted by molar-refractivity contribution is 7.15. The van der Waals surface area contributed by atoms with Crippen LogP contribution in [-0.2, 0) is 13.1 Å². The Morgan fingerprint density at radius 2 is 1.96 bits per heavy atom. The summed E-state index contributed by atoms with van der Waals surface area (Å²) in [6.07, 6.45) is 1.91. The summed E-state index contributed by atoms with van der Waals surface area (Å²) in [6, 6.07) is 10.1. The minimum atomic E-state index is 0.732. The molecule has 0 bridgehead atoms. The highest BCUT2D eigenvalue weighted by Crippen LogP contribution is 2.34. The molecule has 0 aliphatic heterocycles. The van der Waals surface area contributed by atoms with Crippen LogP contribution >= 0.6 is 22.7 Å². The van der Waals surface area contributed by atoms with Gasteiger partial charge in [-0.05, 0) is 35.2 Å². The van der Waals surface area contributed by atoms with Crippen molar-refractivity contribution < 1.29 is 9.47 Å². The van der Waals surface area contributed by atoms with Gasteiger partial charge in [0.15, 0.2) is 11.5 Å². The Morgan fingerprint density at radius 1 is 1.09 bits per heavy atom. The Bertz CT molecular complexity index is 754. The van der Waals surface area contributed by atoms with Gasteiger partial charge in [-0.1, -0.05) is 6.07 Å². The number of nitrogens with one attached hydrogen (secondary N) is 1.